The maximum absolute atomic E-state index is 3.88. The van der Waals surface area contributed by atoms with Gasteiger partial charge in [-0.2, -0.15) is 0 Å². The number of hydrogen-bond donors (Lipinski definition) is 0. The molecule has 0 unspecified atom stereocenters. The van der Waals surface area contributed by atoms with E-state index in [9.17, 15) is 0 Å². The molecule has 0 N–H and O–H groups in total. The van der Waals surface area contributed by atoms with Crippen molar-refractivity contribution in [2.75, 3.05) is 0 Å². The van der Waals surface area contributed by atoms with Crippen molar-refractivity contribution in [3.05, 3.63) is 47.6 Å². The van der Waals surface area contributed by atoms with Crippen LogP contribution in [0.2, 0.25) is 0 Å². The molecular formula is C15H24. The molecule has 0 aromatic heterocycles. The Morgan fingerprint density at radius 1 is 1.07 bits per heavy atom. The molecule has 84 valence electrons. The van der Waals surface area contributed by atoms with E-state index in [-0.39, 0.29) is 5.41 Å². The zero-order valence-corrected chi connectivity index (χ0v) is 11.0. The molecule has 0 aromatic carbocycles. The van der Waals surface area contributed by atoms with Crippen LogP contribution in [0.15, 0.2) is 47.6 Å². The van der Waals surface area contributed by atoms with Crippen LogP contribution in [0.4, 0.5) is 0 Å². The summed E-state index contributed by atoms with van der Waals surface area (Å²) in [6.07, 6.45) is 8.38. The zero-order valence-electron chi connectivity index (χ0n) is 11.0. The smallest absolute Gasteiger partial charge is 0.0132 e. The number of hydrogen-bond acceptors (Lipinski definition) is 0. The van der Waals surface area contributed by atoms with E-state index >= 15 is 0 Å². The Kier molecular flexibility index (Phi) is 5.35. The molecule has 0 nitrogen and oxygen atoms in total. The first-order valence-corrected chi connectivity index (χ1v) is 5.47. The largest absolute Gasteiger partial charge is 0.0988 e. The summed E-state index contributed by atoms with van der Waals surface area (Å²) in [5, 5.41) is 0. The first-order valence-electron chi connectivity index (χ1n) is 5.47. The number of rotatable bonds is 3. The van der Waals surface area contributed by atoms with Crippen molar-refractivity contribution >= 4 is 0 Å². The topological polar surface area (TPSA) is 0 Å². The highest BCUT2D eigenvalue weighted by molar-refractivity contribution is 5.37. The third-order valence-electron chi connectivity index (χ3n) is 2.50. The van der Waals surface area contributed by atoms with E-state index < -0.39 is 0 Å². The highest BCUT2D eigenvalue weighted by atomic mass is 14.2. The Morgan fingerprint density at radius 3 is 1.93 bits per heavy atom. The summed E-state index contributed by atoms with van der Waals surface area (Å²) in [7, 11) is 0. The lowest BCUT2D eigenvalue weighted by atomic mass is 9.85. The molecule has 0 aliphatic carbocycles. The summed E-state index contributed by atoms with van der Waals surface area (Å²) in [5.41, 5.74) is 4.06. The van der Waals surface area contributed by atoms with Gasteiger partial charge in [0.2, 0.25) is 0 Å². The molecule has 0 heterocycles. The van der Waals surface area contributed by atoms with Gasteiger partial charge in [-0.3, -0.25) is 0 Å². The van der Waals surface area contributed by atoms with Crippen molar-refractivity contribution in [2.24, 2.45) is 5.41 Å². The van der Waals surface area contributed by atoms with Crippen LogP contribution >= 0.6 is 0 Å². The van der Waals surface area contributed by atoms with E-state index in [1.807, 2.05) is 13.0 Å². The van der Waals surface area contributed by atoms with Gasteiger partial charge < -0.3 is 0 Å². The Morgan fingerprint density at radius 2 is 1.60 bits per heavy atom. The fourth-order valence-electron chi connectivity index (χ4n) is 1.31. The summed E-state index contributed by atoms with van der Waals surface area (Å²) in [5.74, 6) is 0. The van der Waals surface area contributed by atoms with Gasteiger partial charge in [-0.25, -0.2) is 0 Å². The van der Waals surface area contributed by atoms with Crippen molar-refractivity contribution in [3.63, 3.8) is 0 Å². The molecule has 0 aliphatic rings. The standard InChI is InChI=1S/C15H24/c1-8-10-12(3)13(4)11-14(9-2)15(5,6)7/h8-11H,2H2,1,3-7H3/b10-8-,13-12+,14-11+. The minimum absolute atomic E-state index is 0.166. The maximum atomic E-state index is 3.88. The van der Waals surface area contributed by atoms with Crippen LogP contribution in [0.3, 0.4) is 0 Å². The van der Waals surface area contributed by atoms with Gasteiger partial charge in [0.05, 0.1) is 0 Å². The first-order chi connectivity index (χ1) is 6.82. The molecular weight excluding hydrogens is 180 g/mol. The Bertz CT molecular complexity index is 303. The summed E-state index contributed by atoms with van der Waals surface area (Å²) in [6.45, 7) is 16.8. The minimum Gasteiger partial charge on any atom is -0.0988 e. The summed E-state index contributed by atoms with van der Waals surface area (Å²) < 4.78 is 0. The summed E-state index contributed by atoms with van der Waals surface area (Å²) in [4.78, 5) is 0. The van der Waals surface area contributed by atoms with Crippen LogP contribution in [0, 0.1) is 5.41 Å². The molecule has 15 heavy (non-hydrogen) atoms. The summed E-state index contributed by atoms with van der Waals surface area (Å²) >= 11 is 0. The Labute approximate surface area is 95.1 Å². The van der Waals surface area contributed by atoms with E-state index in [0.29, 0.717) is 0 Å². The molecule has 0 spiro atoms. The van der Waals surface area contributed by atoms with Crippen LogP contribution < -0.4 is 0 Å². The van der Waals surface area contributed by atoms with Crippen LogP contribution in [0.1, 0.15) is 41.5 Å². The molecule has 0 saturated heterocycles. The zero-order chi connectivity index (χ0) is 12.1. The van der Waals surface area contributed by atoms with Gasteiger partial charge in [-0.1, -0.05) is 51.7 Å². The third-order valence-corrected chi connectivity index (χ3v) is 2.50. The van der Waals surface area contributed by atoms with Crippen LogP contribution in [-0.2, 0) is 0 Å². The van der Waals surface area contributed by atoms with Crippen molar-refractivity contribution in [1.82, 2.24) is 0 Å². The molecule has 0 aliphatic heterocycles. The van der Waals surface area contributed by atoms with Gasteiger partial charge in [0.15, 0.2) is 0 Å². The van der Waals surface area contributed by atoms with Crippen molar-refractivity contribution in [2.45, 2.75) is 41.5 Å². The highest BCUT2D eigenvalue weighted by Crippen LogP contribution is 2.27. The Hall–Kier alpha value is -1.04. The lowest BCUT2D eigenvalue weighted by Crippen LogP contribution is -2.07. The number of allylic oxidation sites excluding steroid dienone is 7. The molecule has 0 fully saturated rings. The van der Waals surface area contributed by atoms with Gasteiger partial charge in [0.25, 0.3) is 0 Å². The van der Waals surface area contributed by atoms with Gasteiger partial charge in [-0.15, -0.1) is 0 Å². The van der Waals surface area contributed by atoms with Gasteiger partial charge >= 0.3 is 0 Å². The van der Waals surface area contributed by atoms with Crippen molar-refractivity contribution < 1.29 is 0 Å². The van der Waals surface area contributed by atoms with Gasteiger partial charge in [0, 0.05) is 0 Å². The Balaban J connectivity index is 5.19. The molecule has 0 rings (SSSR count). The molecule has 0 amide bonds. The first kappa shape index (κ1) is 14.0. The lowest BCUT2D eigenvalue weighted by Gasteiger charge is -2.20. The van der Waals surface area contributed by atoms with Gasteiger partial charge in [0.1, 0.15) is 0 Å². The molecule has 0 saturated carbocycles. The summed E-state index contributed by atoms with van der Waals surface area (Å²) in [6, 6.07) is 0. The van der Waals surface area contributed by atoms with Gasteiger partial charge in [-0.05, 0) is 42.9 Å². The van der Waals surface area contributed by atoms with Crippen LogP contribution in [0.25, 0.3) is 0 Å². The molecule has 0 heteroatoms. The molecule has 0 aromatic rings. The fourth-order valence-corrected chi connectivity index (χ4v) is 1.31. The molecule has 0 bridgehead atoms. The molecule has 0 atom stereocenters. The monoisotopic (exact) mass is 204 g/mol. The average Bonchev–Trinajstić information content (AvgIpc) is 2.12. The van der Waals surface area contributed by atoms with E-state index in [1.54, 1.807) is 0 Å². The quantitative estimate of drug-likeness (QED) is 0.564. The van der Waals surface area contributed by atoms with Crippen LogP contribution in [0.5, 0.6) is 0 Å². The minimum atomic E-state index is 0.166. The SMILES string of the molecule is C=C\C(=C/C(C)=C(C)/C=C\C)C(C)(C)C. The molecule has 0 radical (unpaired) electrons. The van der Waals surface area contributed by atoms with Crippen LogP contribution in [-0.4, -0.2) is 0 Å². The van der Waals surface area contributed by atoms with E-state index in [0.717, 1.165) is 0 Å². The highest BCUT2D eigenvalue weighted by Gasteiger charge is 2.13. The van der Waals surface area contributed by atoms with Crippen molar-refractivity contribution in [3.8, 4) is 0 Å². The lowest BCUT2D eigenvalue weighted by molar-refractivity contribution is 0.517. The van der Waals surface area contributed by atoms with E-state index in [2.05, 4.69) is 59.4 Å². The predicted molar refractivity (Wildman–Crippen MR) is 70.9 cm³/mol. The predicted octanol–water partition coefficient (Wildman–Crippen LogP) is 5.06. The van der Waals surface area contributed by atoms with E-state index in [4.69, 9.17) is 0 Å². The third kappa shape index (κ3) is 4.83. The van der Waals surface area contributed by atoms with E-state index in [1.165, 1.54) is 16.7 Å². The van der Waals surface area contributed by atoms with Crippen molar-refractivity contribution in [1.29, 1.82) is 0 Å². The average molecular weight is 204 g/mol. The maximum Gasteiger partial charge on any atom is -0.0132 e. The normalized spacial score (nSPS) is 15.5. The second-order valence-electron chi connectivity index (χ2n) is 4.92. The second kappa shape index (κ2) is 5.75. The fraction of sp³-hybridized carbons (Fsp3) is 0.467. The second-order valence-corrected chi connectivity index (χ2v) is 4.92.